The lowest BCUT2D eigenvalue weighted by Gasteiger charge is -2.23. The van der Waals surface area contributed by atoms with E-state index in [-0.39, 0.29) is 0 Å². The van der Waals surface area contributed by atoms with Crippen LogP contribution < -0.4 is 15.0 Å². The molecule has 3 nitrogen and oxygen atoms in total. The SMILES string of the molecule is COc1ccc(C)cc1N(C)CCC1CCCN1. The highest BCUT2D eigenvalue weighted by molar-refractivity contribution is 5.59. The van der Waals surface area contributed by atoms with Gasteiger partial charge in [-0.15, -0.1) is 0 Å². The minimum Gasteiger partial charge on any atom is -0.495 e. The number of hydrogen-bond donors (Lipinski definition) is 1. The van der Waals surface area contributed by atoms with E-state index in [0.717, 1.165) is 12.3 Å². The van der Waals surface area contributed by atoms with Crippen LogP contribution in [0.3, 0.4) is 0 Å². The zero-order chi connectivity index (χ0) is 13.0. The van der Waals surface area contributed by atoms with E-state index in [2.05, 4.69) is 42.4 Å². The summed E-state index contributed by atoms with van der Waals surface area (Å²) in [6, 6.07) is 7.04. The van der Waals surface area contributed by atoms with Crippen LogP contribution >= 0.6 is 0 Å². The summed E-state index contributed by atoms with van der Waals surface area (Å²) in [4.78, 5) is 2.30. The molecule has 0 aliphatic carbocycles. The van der Waals surface area contributed by atoms with Crippen molar-refractivity contribution in [3.63, 3.8) is 0 Å². The van der Waals surface area contributed by atoms with Crippen LogP contribution in [-0.4, -0.2) is 33.3 Å². The molecule has 1 aliphatic heterocycles. The van der Waals surface area contributed by atoms with Gasteiger partial charge in [0.2, 0.25) is 0 Å². The number of nitrogens with one attached hydrogen (secondary N) is 1. The van der Waals surface area contributed by atoms with Gasteiger partial charge in [-0.25, -0.2) is 0 Å². The van der Waals surface area contributed by atoms with E-state index < -0.39 is 0 Å². The molecule has 1 heterocycles. The summed E-state index contributed by atoms with van der Waals surface area (Å²) >= 11 is 0. The van der Waals surface area contributed by atoms with Gasteiger partial charge in [0.15, 0.2) is 0 Å². The fraction of sp³-hybridized carbons (Fsp3) is 0.600. The van der Waals surface area contributed by atoms with E-state index in [0.29, 0.717) is 6.04 Å². The van der Waals surface area contributed by atoms with Crippen LogP contribution in [0.25, 0.3) is 0 Å². The Morgan fingerprint density at radius 1 is 1.44 bits per heavy atom. The summed E-state index contributed by atoms with van der Waals surface area (Å²) < 4.78 is 5.44. The van der Waals surface area contributed by atoms with Crippen LogP contribution in [0, 0.1) is 6.92 Å². The molecule has 1 unspecified atom stereocenters. The summed E-state index contributed by atoms with van der Waals surface area (Å²) in [5.41, 5.74) is 2.46. The van der Waals surface area contributed by atoms with Crippen LogP contribution in [0.2, 0.25) is 0 Å². The summed E-state index contributed by atoms with van der Waals surface area (Å²) in [5, 5.41) is 3.55. The van der Waals surface area contributed by atoms with Gasteiger partial charge in [-0.2, -0.15) is 0 Å². The molecule has 3 heteroatoms. The van der Waals surface area contributed by atoms with Crippen molar-refractivity contribution in [2.45, 2.75) is 32.2 Å². The Bertz CT molecular complexity index is 386. The van der Waals surface area contributed by atoms with E-state index >= 15 is 0 Å². The lowest BCUT2D eigenvalue weighted by Crippen LogP contribution is -2.28. The molecule has 0 spiro atoms. The Morgan fingerprint density at radius 2 is 2.28 bits per heavy atom. The van der Waals surface area contributed by atoms with E-state index in [1.807, 2.05) is 0 Å². The smallest absolute Gasteiger partial charge is 0.142 e. The van der Waals surface area contributed by atoms with Crippen molar-refractivity contribution in [1.82, 2.24) is 5.32 Å². The third-order valence-corrected chi connectivity index (χ3v) is 3.72. The molecular weight excluding hydrogens is 224 g/mol. The molecule has 1 saturated heterocycles. The summed E-state index contributed by atoms with van der Waals surface area (Å²) in [7, 11) is 3.88. The van der Waals surface area contributed by atoms with E-state index in [4.69, 9.17) is 4.74 Å². The highest BCUT2D eigenvalue weighted by atomic mass is 16.5. The van der Waals surface area contributed by atoms with E-state index in [9.17, 15) is 0 Å². The van der Waals surface area contributed by atoms with Gasteiger partial charge >= 0.3 is 0 Å². The molecule has 1 fully saturated rings. The molecule has 0 amide bonds. The maximum Gasteiger partial charge on any atom is 0.142 e. The number of aryl methyl sites for hydroxylation is 1. The lowest BCUT2D eigenvalue weighted by molar-refractivity contribution is 0.414. The highest BCUT2D eigenvalue weighted by Crippen LogP contribution is 2.28. The van der Waals surface area contributed by atoms with Gasteiger partial charge in [0.25, 0.3) is 0 Å². The zero-order valence-electron chi connectivity index (χ0n) is 11.7. The number of ether oxygens (including phenoxy) is 1. The molecule has 0 radical (unpaired) electrons. The number of methoxy groups -OCH3 is 1. The van der Waals surface area contributed by atoms with Gasteiger partial charge in [0.05, 0.1) is 12.8 Å². The normalized spacial score (nSPS) is 18.9. The Kier molecular flexibility index (Phi) is 4.48. The van der Waals surface area contributed by atoms with Gasteiger partial charge in [0.1, 0.15) is 5.75 Å². The van der Waals surface area contributed by atoms with Crippen LogP contribution in [0.5, 0.6) is 5.75 Å². The standard InChI is InChI=1S/C15H24N2O/c1-12-6-7-15(18-3)14(11-12)17(2)10-8-13-5-4-9-16-13/h6-7,11,13,16H,4-5,8-10H2,1-3H3. The number of benzene rings is 1. The number of rotatable bonds is 5. The van der Waals surface area contributed by atoms with Gasteiger partial charge in [-0.1, -0.05) is 6.07 Å². The maximum absolute atomic E-state index is 5.44. The van der Waals surface area contributed by atoms with Crippen LogP contribution in [0.1, 0.15) is 24.8 Å². The second-order valence-corrected chi connectivity index (χ2v) is 5.18. The number of hydrogen-bond acceptors (Lipinski definition) is 3. The topological polar surface area (TPSA) is 24.5 Å². The van der Waals surface area contributed by atoms with Crippen molar-refractivity contribution in [2.24, 2.45) is 0 Å². The average molecular weight is 248 g/mol. The first-order valence-corrected chi connectivity index (χ1v) is 6.80. The minimum atomic E-state index is 0.697. The van der Waals surface area contributed by atoms with Crippen molar-refractivity contribution < 1.29 is 4.74 Å². The van der Waals surface area contributed by atoms with Crippen LogP contribution in [0.4, 0.5) is 5.69 Å². The lowest BCUT2D eigenvalue weighted by atomic mass is 10.1. The predicted octanol–water partition coefficient (Wildman–Crippen LogP) is 2.58. The molecule has 1 aromatic carbocycles. The fourth-order valence-electron chi connectivity index (χ4n) is 2.57. The first kappa shape index (κ1) is 13.2. The van der Waals surface area contributed by atoms with Gasteiger partial charge in [-0.05, 0) is 50.4 Å². The van der Waals surface area contributed by atoms with E-state index in [1.165, 1.54) is 37.1 Å². The van der Waals surface area contributed by atoms with Crippen molar-refractivity contribution >= 4 is 5.69 Å². The molecule has 0 aromatic heterocycles. The minimum absolute atomic E-state index is 0.697. The fourth-order valence-corrected chi connectivity index (χ4v) is 2.57. The summed E-state index contributed by atoms with van der Waals surface area (Å²) in [6.07, 6.45) is 3.84. The predicted molar refractivity (Wildman–Crippen MR) is 76.6 cm³/mol. The Morgan fingerprint density at radius 3 is 2.94 bits per heavy atom. The number of anilines is 1. The summed E-state index contributed by atoms with van der Waals surface area (Å²) in [6.45, 7) is 4.37. The van der Waals surface area contributed by atoms with Crippen molar-refractivity contribution in [2.75, 3.05) is 32.1 Å². The van der Waals surface area contributed by atoms with E-state index in [1.54, 1.807) is 7.11 Å². The largest absolute Gasteiger partial charge is 0.495 e. The molecule has 18 heavy (non-hydrogen) atoms. The monoisotopic (exact) mass is 248 g/mol. The van der Waals surface area contributed by atoms with Gasteiger partial charge < -0.3 is 15.0 Å². The molecule has 2 rings (SSSR count). The maximum atomic E-state index is 5.44. The molecule has 1 atom stereocenters. The average Bonchev–Trinajstić information content (AvgIpc) is 2.89. The highest BCUT2D eigenvalue weighted by Gasteiger charge is 2.15. The van der Waals surface area contributed by atoms with Crippen molar-refractivity contribution in [3.8, 4) is 5.75 Å². The molecule has 0 saturated carbocycles. The third kappa shape index (κ3) is 3.16. The first-order chi connectivity index (χ1) is 8.70. The Hall–Kier alpha value is -1.22. The Labute approximate surface area is 110 Å². The number of nitrogens with zero attached hydrogens (tertiary/aromatic N) is 1. The molecule has 1 aromatic rings. The quantitative estimate of drug-likeness (QED) is 0.867. The first-order valence-electron chi connectivity index (χ1n) is 6.80. The van der Waals surface area contributed by atoms with Gasteiger partial charge in [-0.3, -0.25) is 0 Å². The summed E-state index contributed by atoms with van der Waals surface area (Å²) in [5.74, 6) is 0.961. The van der Waals surface area contributed by atoms with Gasteiger partial charge in [0, 0.05) is 19.6 Å². The zero-order valence-corrected chi connectivity index (χ0v) is 11.7. The second-order valence-electron chi connectivity index (χ2n) is 5.18. The molecule has 0 bridgehead atoms. The van der Waals surface area contributed by atoms with Crippen LogP contribution in [-0.2, 0) is 0 Å². The molecule has 1 aliphatic rings. The van der Waals surface area contributed by atoms with Crippen LogP contribution in [0.15, 0.2) is 18.2 Å². The molecule has 1 N–H and O–H groups in total. The molecular formula is C15H24N2O. The van der Waals surface area contributed by atoms with Crippen molar-refractivity contribution in [3.05, 3.63) is 23.8 Å². The van der Waals surface area contributed by atoms with Crippen molar-refractivity contribution in [1.29, 1.82) is 0 Å². The Balaban J connectivity index is 1.98. The second kappa shape index (κ2) is 6.10. The molecule has 100 valence electrons. The third-order valence-electron chi connectivity index (χ3n) is 3.72.